The van der Waals surface area contributed by atoms with Gasteiger partial charge in [-0.2, -0.15) is 0 Å². The molecule has 2 saturated heterocycles. The first kappa shape index (κ1) is 22.0. The van der Waals surface area contributed by atoms with Gasteiger partial charge >= 0.3 is 0 Å². The standard InChI is InChI=1S/C27H42O5/c1-14-7-8-27(31-13-14)15(2)24-22(32-27)10-19-17-6-5-16-9-20(28)21(29)12-25(16,3)18(17)11-23(30)26(19,24)4/h14-20,22-24,28,30H,5-13H2,1-4H3/t14-,15+,16+,17-,18+,19+,20?,22+,23-,24+,25+,26-,27-/m1/s1. The first-order valence-electron chi connectivity index (χ1n) is 13.3. The fourth-order valence-electron chi connectivity index (χ4n) is 10.1. The summed E-state index contributed by atoms with van der Waals surface area (Å²) in [6, 6.07) is 0. The molecule has 0 amide bonds. The topological polar surface area (TPSA) is 76.0 Å². The number of fused-ring (bicyclic) bond motifs is 7. The lowest BCUT2D eigenvalue weighted by molar-refractivity contribution is -0.274. The van der Waals surface area contributed by atoms with Crippen molar-refractivity contribution in [2.75, 3.05) is 6.61 Å². The number of ether oxygens (including phenoxy) is 2. The number of rotatable bonds is 0. The molecule has 0 bridgehead atoms. The molecule has 2 N–H and O–H groups in total. The van der Waals surface area contributed by atoms with Crippen LogP contribution in [0.3, 0.4) is 0 Å². The molecule has 4 aliphatic carbocycles. The minimum atomic E-state index is -0.780. The van der Waals surface area contributed by atoms with Crippen molar-refractivity contribution in [1.82, 2.24) is 0 Å². The van der Waals surface area contributed by atoms with Gasteiger partial charge < -0.3 is 19.7 Å². The zero-order valence-electron chi connectivity index (χ0n) is 20.3. The molecule has 0 radical (unpaired) electrons. The molecule has 5 heteroatoms. The maximum atomic E-state index is 12.6. The van der Waals surface area contributed by atoms with Crippen LogP contribution in [0.25, 0.3) is 0 Å². The van der Waals surface area contributed by atoms with Crippen LogP contribution < -0.4 is 0 Å². The monoisotopic (exact) mass is 446 g/mol. The van der Waals surface area contributed by atoms with Crippen LogP contribution in [0.5, 0.6) is 0 Å². The Labute approximate surface area is 192 Å². The van der Waals surface area contributed by atoms with Crippen molar-refractivity contribution < 1.29 is 24.5 Å². The average Bonchev–Trinajstić information content (AvgIpc) is 3.19. The van der Waals surface area contributed by atoms with E-state index in [1.807, 2.05) is 0 Å². The Morgan fingerprint density at radius 1 is 1.00 bits per heavy atom. The second-order valence-electron chi connectivity index (χ2n) is 13.1. The van der Waals surface area contributed by atoms with Crippen LogP contribution in [0.4, 0.5) is 0 Å². The molecule has 2 aliphatic heterocycles. The lowest BCUT2D eigenvalue weighted by Gasteiger charge is -2.62. The van der Waals surface area contributed by atoms with Gasteiger partial charge in [0.15, 0.2) is 11.6 Å². The van der Waals surface area contributed by atoms with Gasteiger partial charge in [0.05, 0.1) is 18.8 Å². The van der Waals surface area contributed by atoms with Crippen molar-refractivity contribution in [3.8, 4) is 0 Å². The van der Waals surface area contributed by atoms with Crippen molar-refractivity contribution in [2.24, 2.45) is 52.3 Å². The SMILES string of the molecule is C[C@@H]1CC[C@@]2(OC1)O[C@H]1C[C@H]3[C@@H]4CC[C@H]5CC(O)C(=O)C[C@]5(C)[C@H]4C[C@@H](O)[C@]3(C)[C@H]1[C@@H]2C. The molecule has 6 rings (SSSR count). The Kier molecular flexibility index (Phi) is 4.83. The summed E-state index contributed by atoms with van der Waals surface area (Å²) in [5.41, 5.74) is -0.238. The molecule has 0 aromatic heterocycles. The minimum Gasteiger partial charge on any atom is -0.393 e. The summed E-state index contributed by atoms with van der Waals surface area (Å²) >= 11 is 0. The summed E-state index contributed by atoms with van der Waals surface area (Å²) in [6.45, 7) is 9.97. The summed E-state index contributed by atoms with van der Waals surface area (Å²) in [7, 11) is 0. The van der Waals surface area contributed by atoms with Crippen LogP contribution in [0.2, 0.25) is 0 Å². The van der Waals surface area contributed by atoms with Crippen molar-refractivity contribution >= 4 is 5.78 Å². The highest BCUT2D eigenvalue weighted by Gasteiger charge is 2.71. The van der Waals surface area contributed by atoms with Gasteiger partial charge in [-0.05, 0) is 73.5 Å². The van der Waals surface area contributed by atoms with Crippen molar-refractivity contribution in [1.29, 1.82) is 0 Å². The van der Waals surface area contributed by atoms with Crippen molar-refractivity contribution in [2.45, 2.75) is 103 Å². The predicted molar refractivity (Wildman–Crippen MR) is 120 cm³/mol. The number of ketones is 1. The number of Topliss-reactive ketones (excluding diaryl/α,β-unsaturated/α-hetero) is 1. The van der Waals surface area contributed by atoms with E-state index in [4.69, 9.17) is 9.47 Å². The van der Waals surface area contributed by atoms with E-state index in [-0.39, 0.29) is 28.8 Å². The van der Waals surface area contributed by atoms with E-state index in [1.54, 1.807) is 0 Å². The molecule has 32 heavy (non-hydrogen) atoms. The van der Waals surface area contributed by atoms with Gasteiger partial charge in [-0.15, -0.1) is 0 Å². The van der Waals surface area contributed by atoms with Gasteiger partial charge in [-0.25, -0.2) is 0 Å². The first-order chi connectivity index (χ1) is 15.1. The van der Waals surface area contributed by atoms with Crippen molar-refractivity contribution in [3.05, 3.63) is 0 Å². The average molecular weight is 447 g/mol. The largest absolute Gasteiger partial charge is 0.393 e. The Bertz CT molecular complexity index is 789. The number of hydrogen-bond acceptors (Lipinski definition) is 5. The van der Waals surface area contributed by atoms with Gasteiger partial charge in [0, 0.05) is 30.1 Å². The van der Waals surface area contributed by atoms with Crippen LogP contribution in [-0.2, 0) is 14.3 Å². The number of hydrogen-bond donors (Lipinski definition) is 2. The Morgan fingerprint density at radius 2 is 1.78 bits per heavy atom. The third-order valence-corrected chi connectivity index (χ3v) is 11.9. The Balaban J connectivity index is 1.30. The van der Waals surface area contributed by atoms with Gasteiger partial charge in [0.2, 0.25) is 0 Å². The van der Waals surface area contributed by atoms with E-state index < -0.39 is 11.9 Å². The molecule has 2 heterocycles. The van der Waals surface area contributed by atoms with Crippen LogP contribution in [0.15, 0.2) is 0 Å². The number of aliphatic hydroxyl groups excluding tert-OH is 2. The molecule has 6 fully saturated rings. The Hall–Kier alpha value is -0.490. The number of carbonyl (C=O) groups excluding carboxylic acids is 1. The van der Waals surface area contributed by atoms with E-state index in [0.29, 0.717) is 54.3 Å². The molecule has 1 spiro atoms. The summed E-state index contributed by atoms with van der Waals surface area (Å²) in [5, 5.41) is 22.0. The normalized spacial score (nSPS) is 61.8. The smallest absolute Gasteiger partial charge is 0.171 e. The molecule has 0 aromatic carbocycles. The second-order valence-corrected chi connectivity index (χ2v) is 13.1. The molecule has 4 saturated carbocycles. The van der Waals surface area contributed by atoms with Crippen LogP contribution in [0, 0.1) is 52.3 Å². The van der Waals surface area contributed by atoms with E-state index >= 15 is 0 Å². The quantitative estimate of drug-likeness (QED) is 0.589. The fourth-order valence-corrected chi connectivity index (χ4v) is 10.1. The Morgan fingerprint density at radius 3 is 2.50 bits per heavy atom. The third-order valence-electron chi connectivity index (χ3n) is 11.9. The summed E-state index contributed by atoms with van der Waals surface area (Å²) in [4.78, 5) is 12.6. The molecule has 5 nitrogen and oxygen atoms in total. The minimum absolute atomic E-state index is 0.0121. The zero-order valence-corrected chi connectivity index (χ0v) is 20.3. The number of aliphatic hydroxyl groups is 2. The van der Waals surface area contributed by atoms with Crippen LogP contribution in [-0.4, -0.2) is 46.7 Å². The molecule has 13 atom stereocenters. The van der Waals surface area contributed by atoms with E-state index in [9.17, 15) is 15.0 Å². The highest BCUT2D eigenvalue weighted by atomic mass is 16.7. The third kappa shape index (κ3) is 2.69. The second kappa shape index (κ2) is 7.02. The predicted octanol–water partition coefficient (Wildman–Crippen LogP) is 3.94. The molecular weight excluding hydrogens is 404 g/mol. The number of carbonyl (C=O) groups is 1. The summed E-state index contributed by atoms with van der Waals surface area (Å²) in [6.07, 6.45) is 6.28. The van der Waals surface area contributed by atoms with E-state index in [2.05, 4.69) is 27.7 Å². The molecule has 1 unspecified atom stereocenters. The highest BCUT2D eigenvalue weighted by molar-refractivity contribution is 5.84. The lowest BCUT2D eigenvalue weighted by Crippen LogP contribution is -2.60. The van der Waals surface area contributed by atoms with Gasteiger partial charge in [0.1, 0.15) is 6.10 Å². The molecule has 180 valence electrons. The molecule has 0 aromatic rings. The zero-order chi connectivity index (χ0) is 22.6. The summed E-state index contributed by atoms with van der Waals surface area (Å²) in [5.74, 6) is 2.50. The van der Waals surface area contributed by atoms with E-state index in [0.717, 1.165) is 45.1 Å². The van der Waals surface area contributed by atoms with Crippen LogP contribution in [0.1, 0.15) is 79.1 Å². The van der Waals surface area contributed by atoms with Crippen LogP contribution >= 0.6 is 0 Å². The van der Waals surface area contributed by atoms with Gasteiger partial charge in [-0.3, -0.25) is 4.79 Å². The van der Waals surface area contributed by atoms with E-state index in [1.165, 1.54) is 0 Å². The lowest BCUT2D eigenvalue weighted by atomic mass is 9.43. The maximum Gasteiger partial charge on any atom is 0.171 e. The molecular formula is C27H42O5. The fraction of sp³-hybridized carbons (Fsp3) is 0.963. The first-order valence-corrected chi connectivity index (χ1v) is 13.3. The summed E-state index contributed by atoms with van der Waals surface area (Å²) < 4.78 is 13.2. The van der Waals surface area contributed by atoms with Gasteiger partial charge in [0.25, 0.3) is 0 Å². The van der Waals surface area contributed by atoms with Crippen molar-refractivity contribution in [3.63, 3.8) is 0 Å². The highest BCUT2D eigenvalue weighted by Crippen LogP contribution is 2.71. The maximum absolute atomic E-state index is 12.6. The molecule has 6 aliphatic rings. The van der Waals surface area contributed by atoms with Gasteiger partial charge in [-0.1, -0.05) is 27.7 Å².